The molecule has 1 aliphatic carbocycles. The summed E-state index contributed by atoms with van der Waals surface area (Å²) in [5.74, 6) is 0.279. The molecule has 1 heterocycles. The summed E-state index contributed by atoms with van der Waals surface area (Å²) >= 11 is 6.12. The fraction of sp³-hybridized carbons (Fsp3) is 0.588. The zero-order valence-corrected chi connectivity index (χ0v) is 13.9. The van der Waals surface area contributed by atoms with Gasteiger partial charge in [0.05, 0.1) is 5.69 Å². The van der Waals surface area contributed by atoms with E-state index in [1.807, 2.05) is 12.1 Å². The Morgan fingerprint density at radius 1 is 1.23 bits per heavy atom. The Hall–Kier alpha value is -1.42. The molecule has 1 amide bonds. The van der Waals surface area contributed by atoms with E-state index in [2.05, 4.69) is 18.7 Å². The van der Waals surface area contributed by atoms with Crippen LogP contribution in [0.3, 0.4) is 0 Å². The lowest BCUT2D eigenvalue weighted by Crippen LogP contribution is -2.39. The third kappa shape index (κ3) is 3.02. The van der Waals surface area contributed by atoms with Gasteiger partial charge in [0.1, 0.15) is 5.75 Å². The Kier molecular flexibility index (Phi) is 3.76. The summed E-state index contributed by atoms with van der Waals surface area (Å²) in [6.07, 6.45) is 3.63. The Morgan fingerprint density at radius 2 is 1.86 bits per heavy atom. The molecule has 2 N–H and O–H groups in total. The van der Waals surface area contributed by atoms with Gasteiger partial charge in [0.25, 0.3) is 5.91 Å². The lowest BCUT2D eigenvalue weighted by Gasteiger charge is -2.39. The lowest BCUT2D eigenvalue weighted by atomic mass is 9.82. The van der Waals surface area contributed by atoms with Crippen molar-refractivity contribution in [3.63, 3.8) is 0 Å². The van der Waals surface area contributed by atoms with E-state index in [0.717, 1.165) is 31.6 Å². The molecule has 22 heavy (non-hydrogen) atoms. The summed E-state index contributed by atoms with van der Waals surface area (Å²) in [6.45, 7) is 6.56. The third-order valence-corrected chi connectivity index (χ3v) is 5.07. The molecule has 0 bridgehead atoms. The van der Waals surface area contributed by atoms with E-state index in [9.17, 15) is 4.79 Å². The topological polar surface area (TPSA) is 55.6 Å². The number of carbonyl (C=O) groups is 1. The quantitative estimate of drug-likeness (QED) is 0.924. The number of primary amides is 1. The second-order valence-electron chi connectivity index (χ2n) is 7.22. The van der Waals surface area contributed by atoms with Gasteiger partial charge in [-0.25, -0.2) is 0 Å². The number of nitrogens with zero attached hydrogens (tertiary/aromatic N) is 1. The van der Waals surface area contributed by atoms with Crippen molar-refractivity contribution in [1.29, 1.82) is 0 Å². The molecule has 1 aromatic carbocycles. The minimum atomic E-state index is -0.825. The summed E-state index contributed by atoms with van der Waals surface area (Å²) in [5.41, 5.74) is 6.04. The maximum Gasteiger partial charge on any atom is 0.261 e. The van der Waals surface area contributed by atoms with Crippen molar-refractivity contribution in [3.8, 4) is 5.75 Å². The Bertz CT molecular complexity index is 586. The second-order valence-corrected chi connectivity index (χ2v) is 7.66. The number of halogens is 1. The fourth-order valence-corrected chi connectivity index (χ4v) is 3.07. The van der Waals surface area contributed by atoms with Gasteiger partial charge in [-0.3, -0.25) is 4.79 Å². The van der Waals surface area contributed by atoms with E-state index >= 15 is 0 Å². The van der Waals surface area contributed by atoms with Gasteiger partial charge < -0.3 is 15.4 Å². The van der Waals surface area contributed by atoms with Crippen LogP contribution in [0.4, 0.5) is 5.69 Å². The predicted molar refractivity (Wildman–Crippen MR) is 88.5 cm³/mol. The van der Waals surface area contributed by atoms with Crippen LogP contribution in [-0.2, 0) is 4.79 Å². The highest BCUT2D eigenvalue weighted by atomic mass is 35.5. The summed E-state index contributed by atoms with van der Waals surface area (Å²) in [7, 11) is 0. The fourth-order valence-electron chi connectivity index (χ4n) is 2.91. The number of carbonyl (C=O) groups excluding carboxylic acids is 1. The van der Waals surface area contributed by atoms with E-state index < -0.39 is 11.5 Å². The Labute approximate surface area is 136 Å². The number of hydrogen-bond acceptors (Lipinski definition) is 3. The Morgan fingerprint density at radius 3 is 2.41 bits per heavy atom. The number of anilines is 1. The van der Waals surface area contributed by atoms with Crippen molar-refractivity contribution >= 4 is 23.2 Å². The maximum atomic E-state index is 11.6. The molecule has 2 aliphatic rings. The van der Waals surface area contributed by atoms with Crippen LogP contribution in [0.1, 0.15) is 39.5 Å². The molecule has 0 radical (unpaired) electrons. The molecule has 5 heteroatoms. The van der Waals surface area contributed by atoms with E-state index in [1.165, 1.54) is 0 Å². The average molecular weight is 323 g/mol. The number of rotatable bonds is 4. The highest BCUT2D eigenvalue weighted by molar-refractivity contribution is 6.30. The molecule has 1 saturated heterocycles. The summed E-state index contributed by atoms with van der Waals surface area (Å²) in [6, 6.07) is 5.64. The molecule has 0 atom stereocenters. The van der Waals surface area contributed by atoms with Crippen molar-refractivity contribution in [2.45, 2.75) is 45.1 Å². The van der Waals surface area contributed by atoms with Crippen molar-refractivity contribution in [3.05, 3.63) is 23.2 Å². The molecule has 0 unspecified atom stereocenters. The molecule has 1 aromatic rings. The summed E-state index contributed by atoms with van der Waals surface area (Å²) < 4.78 is 5.99. The molecule has 1 aliphatic heterocycles. The molecular weight excluding hydrogens is 300 g/mol. The predicted octanol–water partition coefficient (Wildman–Crippen LogP) is 3.36. The first-order valence-corrected chi connectivity index (χ1v) is 8.23. The third-order valence-electron chi connectivity index (χ3n) is 4.84. The Balaban J connectivity index is 1.84. The van der Waals surface area contributed by atoms with Gasteiger partial charge in [0, 0.05) is 37.0 Å². The van der Waals surface area contributed by atoms with E-state index in [4.69, 9.17) is 22.1 Å². The van der Waals surface area contributed by atoms with Crippen LogP contribution < -0.4 is 15.4 Å². The molecular formula is C17H23ClN2O2. The summed E-state index contributed by atoms with van der Waals surface area (Å²) in [5, 5.41) is 0.608. The molecule has 3 rings (SSSR count). The number of nitrogens with two attached hydrogens (primary N) is 1. The molecule has 0 spiro atoms. The largest absolute Gasteiger partial charge is 0.475 e. The van der Waals surface area contributed by atoms with Crippen LogP contribution in [0.2, 0.25) is 5.02 Å². The molecule has 2 fully saturated rings. The van der Waals surface area contributed by atoms with Crippen LogP contribution >= 0.6 is 11.6 Å². The van der Waals surface area contributed by atoms with E-state index in [-0.39, 0.29) is 0 Å². The SMILES string of the molecule is CC1(C)CCN(c2ccc(Cl)cc2OC2(C(N)=O)CC2)CC1. The highest BCUT2D eigenvalue weighted by Gasteiger charge is 2.52. The number of ether oxygens (including phenoxy) is 1. The van der Waals surface area contributed by atoms with Gasteiger partial charge in [-0.15, -0.1) is 0 Å². The summed E-state index contributed by atoms with van der Waals surface area (Å²) in [4.78, 5) is 13.9. The van der Waals surface area contributed by atoms with Crippen LogP contribution in [0.25, 0.3) is 0 Å². The lowest BCUT2D eigenvalue weighted by molar-refractivity contribution is -0.126. The van der Waals surface area contributed by atoms with Crippen molar-refractivity contribution in [1.82, 2.24) is 0 Å². The molecule has 4 nitrogen and oxygen atoms in total. The molecule has 1 saturated carbocycles. The first kappa shape index (κ1) is 15.5. The first-order chi connectivity index (χ1) is 10.3. The van der Waals surface area contributed by atoms with Gasteiger partial charge in [0.15, 0.2) is 5.60 Å². The minimum Gasteiger partial charge on any atom is -0.475 e. The van der Waals surface area contributed by atoms with Gasteiger partial charge in [-0.05, 0) is 30.4 Å². The van der Waals surface area contributed by atoms with Gasteiger partial charge >= 0.3 is 0 Å². The normalized spacial score (nSPS) is 22.2. The van der Waals surface area contributed by atoms with Crippen molar-refractivity contribution < 1.29 is 9.53 Å². The monoisotopic (exact) mass is 322 g/mol. The smallest absolute Gasteiger partial charge is 0.261 e. The average Bonchev–Trinajstić information content (AvgIpc) is 3.21. The number of benzene rings is 1. The van der Waals surface area contributed by atoms with E-state index in [1.54, 1.807) is 6.07 Å². The van der Waals surface area contributed by atoms with E-state index in [0.29, 0.717) is 29.0 Å². The highest BCUT2D eigenvalue weighted by Crippen LogP contribution is 2.44. The first-order valence-electron chi connectivity index (χ1n) is 7.85. The van der Waals surface area contributed by atoms with Gasteiger partial charge in [-0.1, -0.05) is 25.4 Å². The van der Waals surface area contributed by atoms with Crippen LogP contribution in [0.15, 0.2) is 18.2 Å². The van der Waals surface area contributed by atoms with Gasteiger partial charge in [-0.2, -0.15) is 0 Å². The zero-order valence-electron chi connectivity index (χ0n) is 13.2. The van der Waals surface area contributed by atoms with Crippen LogP contribution in [0, 0.1) is 5.41 Å². The molecule has 0 aromatic heterocycles. The number of amides is 1. The van der Waals surface area contributed by atoms with Gasteiger partial charge in [0.2, 0.25) is 0 Å². The van der Waals surface area contributed by atoms with Crippen LogP contribution in [-0.4, -0.2) is 24.6 Å². The molecule has 120 valence electrons. The van der Waals surface area contributed by atoms with Crippen molar-refractivity contribution in [2.75, 3.05) is 18.0 Å². The van der Waals surface area contributed by atoms with Crippen LogP contribution in [0.5, 0.6) is 5.75 Å². The number of hydrogen-bond donors (Lipinski definition) is 1. The maximum absolute atomic E-state index is 11.6. The number of piperidine rings is 1. The van der Waals surface area contributed by atoms with Crippen molar-refractivity contribution in [2.24, 2.45) is 11.1 Å². The second kappa shape index (κ2) is 5.34. The zero-order chi connectivity index (χ0) is 16.0. The standard InChI is InChI=1S/C17H23ClN2O2/c1-16(2)7-9-20(10-8-16)13-4-3-12(18)11-14(13)22-17(5-6-17)15(19)21/h3-4,11H,5-10H2,1-2H3,(H2,19,21). The minimum absolute atomic E-state index is 0.384.